The zero-order valence-electron chi connectivity index (χ0n) is 11.8. The maximum Gasteiger partial charge on any atom is 0.133 e. The van der Waals surface area contributed by atoms with Gasteiger partial charge >= 0.3 is 0 Å². The Morgan fingerprint density at radius 1 is 1.28 bits per heavy atom. The molecule has 0 saturated carbocycles. The van der Waals surface area contributed by atoms with Crippen molar-refractivity contribution in [2.24, 2.45) is 0 Å². The third-order valence-electron chi connectivity index (χ3n) is 3.88. The van der Waals surface area contributed by atoms with Gasteiger partial charge in [0.2, 0.25) is 0 Å². The largest absolute Gasteiger partial charge is 0.497 e. The van der Waals surface area contributed by atoms with E-state index in [1.165, 1.54) is 10.9 Å². The number of methoxy groups -OCH3 is 1. The van der Waals surface area contributed by atoms with Gasteiger partial charge in [0.15, 0.2) is 0 Å². The summed E-state index contributed by atoms with van der Waals surface area (Å²) < 4.78 is 7.59. The van der Waals surface area contributed by atoms with Gasteiger partial charge < -0.3 is 14.2 Å². The van der Waals surface area contributed by atoms with E-state index in [1.807, 2.05) is 6.07 Å². The van der Waals surface area contributed by atoms with E-state index >= 15 is 0 Å². The highest BCUT2D eigenvalue weighted by Crippen LogP contribution is 2.25. The van der Waals surface area contributed by atoms with Crippen LogP contribution in [-0.4, -0.2) is 44.6 Å². The summed E-state index contributed by atoms with van der Waals surface area (Å²) in [5.74, 6) is 1.35. The Labute approximate surface area is 110 Å². The molecule has 4 heteroatoms. The average molecular weight is 244 g/mol. The van der Waals surface area contributed by atoms with Crippen LogP contribution in [0.25, 0.3) is 10.9 Å². The molecule has 1 aromatic carbocycles. The Bertz CT molecular complexity index is 536. The highest BCUT2D eigenvalue weighted by atomic mass is 16.5. The molecule has 0 aliphatic carbocycles. The SMILES string of the molecule is B[C@H]([C@H](C)N(C)C)n1ccc2cc(OC)ccc21. The van der Waals surface area contributed by atoms with Gasteiger partial charge in [0.05, 0.1) is 7.11 Å². The molecule has 2 atom stereocenters. The highest BCUT2D eigenvalue weighted by Gasteiger charge is 2.17. The van der Waals surface area contributed by atoms with Gasteiger partial charge in [0.1, 0.15) is 13.6 Å². The average Bonchev–Trinajstić information content (AvgIpc) is 2.79. The first-order valence-electron chi connectivity index (χ1n) is 6.35. The van der Waals surface area contributed by atoms with Crippen LogP contribution >= 0.6 is 0 Å². The molecule has 0 saturated heterocycles. The number of hydrogen-bond acceptors (Lipinski definition) is 2. The van der Waals surface area contributed by atoms with Crippen LogP contribution < -0.4 is 4.74 Å². The van der Waals surface area contributed by atoms with Crippen molar-refractivity contribution in [3.63, 3.8) is 0 Å². The van der Waals surface area contributed by atoms with Gasteiger partial charge in [0.25, 0.3) is 0 Å². The summed E-state index contributed by atoms with van der Waals surface area (Å²) in [4.78, 5) is 2.25. The van der Waals surface area contributed by atoms with Gasteiger partial charge in [-0.15, -0.1) is 0 Å². The molecule has 1 aromatic heterocycles. The van der Waals surface area contributed by atoms with Crippen LogP contribution in [0.15, 0.2) is 30.5 Å². The number of aromatic nitrogens is 1. The van der Waals surface area contributed by atoms with Crippen molar-refractivity contribution in [3.8, 4) is 5.75 Å². The van der Waals surface area contributed by atoms with Gasteiger partial charge in [-0.3, -0.25) is 0 Å². The minimum atomic E-state index is 0.436. The van der Waals surface area contributed by atoms with Crippen LogP contribution in [0.2, 0.25) is 0 Å². The van der Waals surface area contributed by atoms with Crippen molar-refractivity contribution in [2.75, 3.05) is 21.2 Å². The van der Waals surface area contributed by atoms with Gasteiger partial charge in [-0.1, -0.05) is 0 Å². The summed E-state index contributed by atoms with van der Waals surface area (Å²) in [6.45, 7) is 2.25. The number of ether oxygens (including phenoxy) is 1. The Kier molecular flexibility index (Phi) is 3.67. The molecule has 96 valence electrons. The second-order valence-electron chi connectivity index (χ2n) is 5.09. The standard InChI is InChI=1S/C14H21BN2O/c1-10(16(2)3)14(15)17-8-7-11-9-12(18-4)5-6-13(11)17/h5-10,14H,15H2,1-4H3/t10-,14-/m0/s1. The summed E-state index contributed by atoms with van der Waals surface area (Å²) >= 11 is 0. The van der Waals surface area contributed by atoms with Crippen molar-refractivity contribution in [1.29, 1.82) is 0 Å². The van der Waals surface area contributed by atoms with E-state index in [2.05, 4.69) is 62.7 Å². The van der Waals surface area contributed by atoms with Crippen molar-refractivity contribution >= 4 is 18.7 Å². The van der Waals surface area contributed by atoms with Gasteiger partial charge in [-0.05, 0) is 45.3 Å². The minimum Gasteiger partial charge on any atom is -0.497 e. The lowest BCUT2D eigenvalue weighted by Gasteiger charge is -2.28. The van der Waals surface area contributed by atoms with Crippen molar-refractivity contribution in [3.05, 3.63) is 30.5 Å². The second kappa shape index (κ2) is 5.06. The quantitative estimate of drug-likeness (QED) is 0.762. The lowest BCUT2D eigenvalue weighted by molar-refractivity contribution is 0.277. The van der Waals surface area contributed by atoms with Crippen molar-refractivity contribution in [1.82, 2.24) is 9.47 Å². The van der Waals surface area contributed by atoms with E-state index in [1.54, 1.807) is 7.11 Å². The predicted molar refractivity (Wildman–Crippen MR) is 79.2 cm³/mol. The zero-order valence-corrected chi connectivity index (χ0v) is 11.8. The third kappa shape index (κ3) is 2.25. The number of hydrogen-bond donors (Lipinski definition) is 0. The van der Waals surface area contributed by atoms with E-state index in [-0.39, 0.29) is 0 Å². The lowest BCUT2D eigenvalue weighted by atomic mass is 9.89. The summed E-state index contributed by atoms with van der Waals surface area (Å²) in [6, 6.07) is 8.87. The molecule has 18 heavy (non-hydrogen) atoms. The van der Waals surface area contributed by atoms with Gasteiger partial charge in [-0.25, -0.2) is 0 Å². The molecule has 0 aliphatic heterocycles. The molecule has 1 heterocycles. The second-order valence-corrected chi connectivity index (χ2v) is 5.09. The van der Waals surface area contributed by atoms with Crippen molar-refractivity contribution in [2.45, 2.75) is 18.9 Å². The zero-order chi connectivity index (χ0) is 13.3. The molecule has 0 spiro atoms. The Balaban J connectivity index is 2.40. The molecule has 0 bridgehead atoms. The number of rotatable bonds is 4. The fraction of sp³-hybridized carbons (Fsp3) is 0.429. The molecule has 3 nitrogen and oxygen atoms in total. The van der Waals surface area contributed by atoms with Crippen LogP contribution in [0, 0.1) is 0 Å². The maximum absolute atomic E-state index is 5.26. The first-order chi connectivity index (χ1) is 8.54. The topological polar surface area (TPSA) is 17.4 Å². The van der Waals surface area contributed by atoms with Gasteiger partial charge in [0, 0.05) is 29.1 Å². The van der Waals surface area contributed by atoms with Crippen LogP contribution in [-0.2, 0) is 0 Å². The fourth-order valence-corrected chi connectivity index (χ4v) is 2.29. The summed E-state index contributed by atoms with van der Waals surface area (Å²) in [5.41, 5.74) is 1.26. The van der Waals surface area contributed by atoms with Crippen molar-refractivity contribution < 1.29 is 4.74 Å². The molecule has 0 N–H and O–H groups in total. The predicted octanol–water partition coefficient (Wildman–Crippen LogP) is 1.73. The Morgan fingerprint density at radius 2 is 2.00 bits per heavy atom. The third-order valence-corrected chi connectivity index (χ3v) is 3.88. The summed E-state index contributed by atoms with van der Waals surface area (Å²) in [6.07, 6.45) is 2.16. The van der Waals surface area contributed by atoms with E-state index in [0.29, 0.717) is 12.0 Å². The Morgan fingerprint density at radius 3 is 2.61 bits per heavy atom. The summed E-state index contributed by atoms with van der Waals surface area (Å²) in [7, 11) is 8.20. The molecule has 0 unspecified atom stereocenters. The maximum atomic E-state index is 5.26. The molecule has 0 aliphatic rings. The number of likely N-dealkylation sites (N-methyl/N-ethyl adjacent to an activating group) is 1. The van der Waals surface area contributed by atoms with E-state index < -0.39 is 0 Å². The van der Waals surface area contributed by atoms with Crippen LogP contribution in [0.3, 0.4) is 0 Å². The minimum absolute atomic E-state index is 0.436. The van der Waals surface area contributed by atoms with E-state index in [0.717, 1.165) is 5.75 Å². The molecular formula is C14H21BN2O. The van der Waals surface area contributed by atoms with Crippen LogP contribution in [0.5, 0.6) is 5.75 Å². The van der Waals surface area contributed by atoms with Gasteiger partial charge in [-0.2, -0.15) is 0 Å². The number of benzene rings is 1. The molecule has 0 fully saturated rings. The van der Waals surface area contributed by atoms with E-state index in [4.69, 9.17) is 4.74 Å². The first kappa shape index (κ1) is 13.0. The molecule has 2 rings (SSSR count). The number of nitrogens with zero attached hydrogens (tertiary/aromatic N) is 2. The lowest BCUT2D eigenvalue weighted by Crippen LogP contribution is -2.34. The monoisotopic (exact) mass is 244 g/mol. The molecule has 0 radical (unpaired) electrons. The Hall–Kier alpha value is -1.42. The molecule has 2 aromatic rings. The van der Waals surface area contributed by atoms with E-state index in [9.17, 15) is 0 Å². The summed E-state index contributed by atoms with van der Waals surface area (Å²) in [5, 5.41) is 1.23. The fourth-order valence-electron chi connectivity index (χ4n) is 2.29. The van der Waals surface area contributed by atoms with Crippen LogP contribution in [0.1, 0.15) is 12.9 Å². The first-order valence-corrected chi connectivity index (χ1v) is 6.35. The highest BCUT2D eigenvalue weighted by molar-refractivity contribution is 6.11. The normalized spacial score (nSPS) is 14.9. The van der Waals surface area contributed by atoms with Crippen LogP contribution in [0.4, 0.5) is 0 Å². The molecular weight excluding hydrogens is 223 g/mol. The smallest absolute Gasteiger partial charge is 0.133 e. The molecule has 0 amide bonds. The number of fused-ring (bicyclic) bond motifs is 1.